The van der Waals surface area contributed by atoms with Crippen LogP contribution in [0.25, 0.3) is 10.8 Å². The van der Waals surface area contributed by atoms with Crippen LogP contribution in [-0.2, 0) is 9.53 Å². The molecule has 1 saturated heterocycles. The molecule has 0 spiro atoms. The van der Waals surface area contributed by atoms with Crippen molar-refractivity contribution in [2.24, 2.45) is 5.41 Å². The van der Waals surface area contributed by atoms with Gasteiger partial charge in [0.05, 0.1) is 18.7 Å². The number of benzene rings is 1. The topological polar surface area (TPSA) is 90.0 Å². The minimum Gasteiger partial charge on any atom is -0.495 e. The highest BCUT2D eigenvalue weighted by Gasteiger charge is 2.39. The fourth-order valence-electron chi connectivity index (χ4n) is 3.86. The fraction of sp³-hybridized carbons (Fsp3) is 0.560. The summed E-state index contributed by atoms with van der Waals surface area (Å²) in [5.74, 6) is 0.874. The predicted molar refractivity (Wildman–Crippen MR) is 132 cm³/mol. The highest BCUT2D eigenvalue weighted by atomic mass is 35.5. The van der Waals surface area contributed by atoms with E-state index in [1.54, 1.807) is 45.0 Å². The Morgan fingerprint density at radius 2 is 1.85 bits per heavy atom. The van der Waals surface area contributed by atoms with Gasteiger partial charge in [0.15, 0.2) is 0 Å². The van der Waals surface area contributed by atoms with E-state index in [2.05, 4.69) is 10.3 Å². The Bertz CT molecular complexity index is 1060. The third-order valence-corrected chi connectivity index (χ3v) is 5.93. The van der Waals surface area contributed by atoms with Gasteiger partial charge in [-0.1, -0.05) is 32.4 Å². The zero-order valence-corrected chi connectivity index (χ0v) is 21.7. The molecule has 2 heterocycles. The van der Waals surface area contributed by atoms with Gasteiger partial charge < -0.3 is 24.4 Å². The smallest absolute Gasteiger partial charge is 0.408 e. The van der Waals surface area contributed by atoms with Gasteiger partial charge in [-0.05, 0) is 44.4 Å². The molecule has 8 nitrogen and oxygen atoms in total. The van der Waals surface area contributed by atoms with Crippen LogP contribution in [0.3, 0.4) is 0 Å². The van der Waals surface area contributed by atoms with Crippen LogP contribution in [0.4, 0.5) is 4.79 Å². The fourth-order valence-corrected chi connectivity index (χ4v) is 4.17. The zero-order valence-electron chi connectivity index (χ0n) is 20.9. The lowest BCUT2D eigenvalue weighted by atomic mass is 9.86. The number of ether oxygens (including phenoxy) is 3. The van der Waals surface area contributed by atoms with Crippen LogP contribution in [0, 0.1) is 5.41 Å². The van der Waals surface area contributed by atoms with Crippen molar-refractivity contribution in [1.29, 1.82) is 0 Å². The number of fused-ring (bicyclic) bond motifs is 1. The van der Waals surface area contributed by atoms with E-state index < -0.39 is 23.2 Å². The van der Waals surface area contributed by atoms with Crippen molar-refractivity contribution in [3.8, 4) is 11.6 Å². The second-order valence-corrected chi connectivity index (χ2v) is 10.9. The van der Waals surface area contributed by atoms with Gasteiger partial charge in [-0.15, -0.1) is 0 Å². The second-order valence-electron chi connectivity index (χ2n) is 10.6. The summed E-state index contributed by atoms with van der Waals surface area (Å²) in [6, 6.07) is 4.72. The molecule has 1 aromatic heterocycles. The number of aromatic nitrogens is 1. The van der Waals surface area contributed by atoms with Gasteiger partial charge in [-0.2, -0.15) is 0 Å². The van der Waals surface area contributed by atoms with E-state index in [9.17, 15) is 9.59 Å². The van der Waals surface area contributed by atoms with E-state index in [-0.39, 0.29) is 12.0 Å². The van der Waals surface area contributed by atoms with Crippen molar-refractivity contribution in [3.63, 3.8) is 0 Å². The quantitative estimate of drug-likeness (QED) is 0.645. The maximum atomic E-state index is 13.4. The van der Waals surface area contributed by atoms with Crippen molar-refractivity contribution in [1.82, 2.24) is 15.2 Å². The molecule has 186 valence electrons. The number of pyridine rings is 1. The molecule has 2 amide bonds. The normalized spacial score (nSPS) is 17.4. The predicted octanol–water partition coefficient (Wildman–Crippen LogP) is 4.82. The summed E-state index contributed by atoms with van der Waals surface area (Å²) < 4.78 is 16.9. The molecule has 1 aliphatic rings. The number of amides is 2. The standard InChI is InChI=1S/C25H34ClN3O5/c1-24(2,3)20(28-23(31)34-25(4,5)6)22(30)29-13-11-15(14-29)33-21-17-8-9-18(32-7)19(26)16(17)10-12-27-21/h8-10,12,15,20H,11,13-14H2,1-7H3,(H,28,31)/t15-,20-/m1/s1. The average Bonchev–Trinajstić information content (AvgIpc) is 3.19. The maximum absolute atomic E-state index is 13.4. The molecule has 0 saturated carbocycles. The molecule has 0 aliphatic carbocycles. The van der Waals surface area contributed by atoms with Crippen LogP contribution < -0.4 is 14.8 Å². The number of methoxy groups -OCH3 is 1. The number of hydrogen-bond donors (Lipinski definition) is 1. The molecular weight excluding hydrogens is 458 g/mol. The van der Waals surface area contributed by atoms with E-state index in [0.717, 1.165) is 10.8 Å². The van der Waals surface area contributed by atoms with E-state index in [1.165, 1.54) is 0 Å². The third kappa shape index (κ3) is 6.03. The number of halogens is 1. The molecule has 1 aliphatic heterocycles. The lowest BCUT2D eigenvalue weighted by Gasteiger charge is -2.34. The van der Waals surface area contributed by atoms with E-state index in [1.807, 2.05) is 32.9 Å². The molecule has 3 rings (SSSR count). The molecule has 0 bridgehead atoms. The summed E-state index contributed by atoms with van der Waals surface area (Å²) >= 11 is 6.45. The number of alkyl carbamates (subject to hydrolysis) is 1. The Hall–Kier alpha value is -2.74. The van der Waals surface area contributed by atoms with Crippen molar-refractivity contribution in [2.75, 3.05) is 20.2 Å². The maximum Gasteiger partial charge on any atom is 0.408 e. The minimum atomic E-state index is -0.733. The summed E-state index contributed by atoms with van der Waals surface area (Å²) in [6.45, 7) is 12.0. The summed E-state index contributed by atoms with van der Waals surface area (Å²) in [7, 11) is 1.57. The van der Waals surface area contributed by atoms with Gasteiger partial charge >= 0.3 is 6.09 Å². The lowest BCUT2D eigenvalue weighted by Crippen LogP contribution is -2.55. The number of carbonyl (C=O) groups is 2. The zero-order chi connectivity index (χ0) is 25.3. The highest BCUT2D eigenvalue weighted by Crippen LogP contribution is 2.36. The number of carbonyl (C=O) groups excluding carboxylic acids is 2. The average molecular weight is 492 g/mol. The van der Waals surface area contributed by atoms with Crippen molar-refractivity contribution >= 4 is 34.4 Å². The van der Waals surface area contributed by atoms with Crippen LogP contribution in [0.15, 0.2) is 24.4 Å². The summed E-state index contributed by atoms with van der Waals surface area (Å²) in [6.07, 6.45) is 1.45. The van der Waals surface area contributed by atoms with E-state index >= 15 is 0 Å². The van der Waals surface area contributed by atoms with Crippen molar-refractivity contribution in [3.05, 3.63) is 29.4 Å². The Balaban J connectivity index is 1.72. The van der Waals surface area contributed by atoms with E-state index in [4.69, 9.17) is 25.8 Å². The third-order valence-electron chi connectivity index (χ3n) is 5.54. The molecule has 0 unspecified atom stereocenters. The van der Waals surface area contributed by atoms with Gasteiger partial charge in [0.25, 0.3) is 0 Å². The van der Waals surface area contributed by atoms with Crippen LogP contribution in [0.5, 0.6) is 11.6 Å². The van der Waals surface area contributed by atoms with Crippen LogP contribution in [0.1, 0.15) is 48.0 Å². The number of nitrogens with one attached hydrogen (secondary N) is 1. The first kappa shape index (κ1) is 25.9. The largest absolute Gasteiger partial charge is 0.495 e. The van der Waals surface area contributed by atoms with Crippen LogP contribution in [-0.4, -0.2) is 59.8 Å². The van der Waals surface area contributed by atoms with Gasteiger partial charge in [0.2, 0.25) is 11.8 Å². The van der Waals surface area contributed by atoms with Crippen molar-refractivity contribution < 1.29 is 23.8 Å². The molecule has 1 aromatic carbocycles. The molecule has 34 heavy (non-hydrogen) atoms. The van der Waals surface area contributed by atoms with E-state index in [0.29, 0.717) is 36.2 Å². The lowest BCUT2D eigenvalue weighted by molar-refractivity contribution is -0.135. The highest BCUT2D eigenvalue weighted by molar-refractivity contribution is 6.37. The van der Waals surface area contributed by atoms with Gasteiger partial charge in [0.1, 0.15) is 23.5 Å². The molecule has 2 aromatic rings. The summed E-state index contributed by atoms with van der Waals surface area (Å²) in [5, 5.41) is 4.82. The number of hydrogen-bond acceptors (Lipinski definition) is 6. The van der Waals surface area contributed by atoms with Crippen molar-refractivity contribution in [2.45, 2.75) is 65.7 Å². The molecule has 1 N–H and O–H groups in total. The summed E-state index contributed by atoms with van der Waals surface area (Å²) in [5.41, 5.74) is -1.15. The van der Waals surface area contributed by atoms with Gasteiger partial charge in [-0.3, -0.25) is 4.79 Å². The summed E-state index contributed by atoms with van der Waals surface area (Å²) in [4.78, 5) is 31.9. The monoisotopic (exact) mass is 491 g/mol. The Morgan fingerprint density at radius 1 is 1.15 bits per heavy atom. The number of rotatable bonds is 5. The Kier molecular flexibility index (Phi) is 7.50. The van der Waals surface area contributed by atoms with Crippen LogP contribution in [0.2, 0.25) is 5.02 Å². The second kappa shape index (κ2) is 9.86. The molecular formula is C25H34ClN3O5. The molecule has 9 heteroatoms. The SMILES string of the molecule is COc1ccc2c(O[C@@H]3CCN(C(=O)[C@@H](NC(=O)OC(C)(C)C)C(C)(C)C)C3)nccc2c1Cl. The van der Waals surface area contributed by atoms with Gasteiger partial charge in [-0.25, -0.2) is 9.78 Å². The minimum absolute atomic E-state index is 0.164. The Morgan fingerprint density at radius 3 is 2.47 bits per heavy atom. The number of likely N-dealkylation sites (tertiary alicyclic amines) is 1. The molecule has 0 radical (unpaired) electrons. The molecule has 2 atom stereocenters. The first-order valence-corrected chi connectivity index (χ1v) is 11.7. The van der Waals surface area contributed by atoms with Gasteiger partial charge in [0, 0.05) is 29.9 Å². The first-order chi connectivity index (χ1) is 15.8. The van der Waals surface area contributed by atoms with Crippen LogP contribution >= 0.6 is 11.6 Å². The number of nitrogens with zero attached hydrogens (tertiary/aromatic N) is 2. The first-order valence-electron chi connectivity index (χ1n) is 11.4. The molecule has 1 fully saturated rings. The Labute approximate surface area is 205 Å².